The lowest BCUT2D eigenvalue weighted by molar-refractivity contribution is 0.102. The Bertz CT molecular complexity index is 1690. The number of phenolic OH excluding ortho intramolecular Hbond substituents is 1. The van der Waals surface area contributed by atoms with E-state index in [0.717, 1.165) is 6.07 Å². The van der Waals surface area contributed by atoms with Gasteiger partial charge in [-0.2, -0.15) is 13.5 Å². The first-order valence-corrected chi connectivity index (χ1v) is 12.8. The number of aromatic hydroxyl groups is 1. The molecule has 9 nitrogen and oxygen atoms in total. The molecule has 0 heterocycles. The molecule has 0 aliphatic heterocycles. The molecule has 0 spiro atoms. The van der Waals surface area contributed by atoms with Crippen molar-refractivity contribution in [2.24, 2.45) is 10.2 Å². The van der Waals surface area contributed by atoms with E-state index < -0.39 is 26.7 Å². The molecule has 37 heavy (non-hydrogen) atoms. The van der Waals surface area contributed by atoms with Gasteiger partial charge in [-0.25, -0.2) is 0 Å². The fourth-order valence-corrected chi connectivity index (χ4v) is 4.86. The molecule has 0 saturated heterocycles. The van der Waals surface area contributed by atoms with E-state index >= 15 is 0 Å². The number of nitrogens with zero attached hydrogens (tertiary/aromatic N) is 2. The number of anilines is 1. The van der Waals surface area contributed by atoms with Crippen molar-refractivity contribution < 1.29 is 27.6 Å². The van der Waals surface area contributed by atoms with Gasteiger partial charge in [0, 0.05) is 10.4 Å². The van der Waals surface area contributed by atoms with E-state index in [2.05, 4.69) is 15.5 Å². The summed E-state index contributed by atoms with van der Waals surface area (Å²) in [6.07, 6.45) is 0. The molecule has 0 saturated carbocycles. The number of hydrogen-bond donors (Lipinski definition) is 3. The number of carbonyl (C=O) groups excluding carboxylic acids is 1. The van der Waals surface area contributed by atoms with Gasteiger partial charge in [0.05, 0.1) is 29.1 Å². The van der Waals surface area contributed by atoms with Crippen LogP contribution >= 0.6 is 23.2 Å². The van der Waals surface area contributed by atoms with Gasteiger partial charge >= 0.3 is 0 Å². The Balaban J connectivity index is 1.80. The summed E-state index contributed by atoms with van der Waals surface area (Å²) in [5, 5.41) is 23.3. The van der Waals surface area contributed by atoms with Crippen LogP contribution in [0.5, 0.6) is 11.5 Å². The molecule has 190 valence electrons. The standard InChI is InChI=1S/C25H19Cl2N3O6S/c1-13-18(8-10-21(22(13)27)37(33,34)35)29-30-23-16-6-4-3-5-14(16)11-17(24(23)31)25(32)28-19-12-15(26)7-9-20(19)36-2/h3-12,31H,1-2H3,(H,28,32)(H,33,34,35). The van der Waals surface area contributed by atoms with Crippen molar-refractivity contribution in [3.8, 4) is 11.5 Å². The highest BCUT2D eigenvalue weighted by Gasteiger charge is 2.21. The minimum absolute atomic E-state index is 0.00990. The molecule has 0 atom stereocenters. The molecule has 4 rings (SSSR count). The SMILES string of the molecule is COc1ccc(Cl)cc1NC(=O)c1cc2ccccc2c(N=Nc2ccc(S(=O)(=O)O)c(Cl)c2C)c1O. The van der Waals surface area contributed by atoms with Gasteiger partial charge in [-0.3, -0.25) is 9.35 Å². The quantitative estimate of drug-likeness (QED) is 0.170. The van der Waals surface area contributed by atoms with Gasteiger partial charge in [0.25, 0.3) is 16.0 Å². The van der Waals surface area contributed by atoms with Crippen LogP contribution in [0.25, 0.3) is 10.8 Å². The van der Waals surface area contributed by atoms with E-state index in [0.29, 0.717) is 27.2 Å². The third-order valence-electron chi connectivity index (χ3n) is 5.51. The Hall–Kier alpha value is -3.70. The lowest BCUT2D eigenvalue weighted by Gasteiger charge is -2.13. The fraction of sp³-hybridized carbons (Fsp3) is 0.0800. The van der Waals surface area contributed by atoms with Crippen molar-refractivity contribution in [3.63, 3.8) is 0 Å². The molecule has 1 amide bonds. The number of phenols is 1. The van der Waals surface area contributed by atoms with Crippen LogP contribution in [0.2, 0.25) is 10.0 Å². The van der Waals surface area contributed by atoms with Crippen molar-refractivity contribution in [1.82, 2.24) is 0 Å². The summed E-state index contributed by atoms with van der Waals surface area (Å²) >= 11 is 12.2. The van der Waals surface area contributed by atoms with Crippen LogP contribution in [0.15, 0.2) is 75.8 Å². The predicted octanol–water partition coefficient (Wildman–Crippen LogP) is 7.08. The Kier molecular flexibility index (Phi) is 7.37. The van der Waals surface area contributed by atoms with Gasteiger partial charge < -0.3 is 15.2 Å². The highest BCUT2D eigenvalue weighted by atomic mass is 35.5. The molecule has 0 aliphatic rings. The summed E-state index contributed by atoms with van der Waals surface area (Å²) in [6.45, 7) is 1.51. The normalized spacial score (nSPS) is 11.7. The van der Waals surface area contributed by atoms with Crippen LogP contribution in [0.1, 0.15) is 15.9 Å². The van der Waals surface area contributed by atoms with Gasteiger partial charge in [0.1, 0.15) is 16.3 Å². The highest BCUT2D eigenvalue weighted by Crippen LogP contribution is 2.41. The third-order valence-corrected chi connectivity index (χ3v) is 7.24. The average Bonchev–Trinajstić information content (AvgIpc) is 2.84. The molecule has 4 aromatic carbocycles. The monoisotopic (exact) mass is 559 g/mol. The maximum absolute atomic E-state index is 13.2. The Morgan fingerprint density at radius 2 is 1.76 bits per heavy atom. The summed E-state index contributed by atoms with van der Waals surface area (Å²) in [5.74, 6) is -0.699. The van der Waals surface area contributed by atoms with Gasteiger partial charge in [-0.1, -0.05) is 47.5 Å². The van der Waals surface area contributed by atoms with E-state index in [4.69, 9.17) is 27.9 Å². The topological polar surface area (TPSA) is 138 Å². The second-order valence-corrected chi connectivity index (χ2v) is 10.0. The second-order valence-electron chi connectivity index (χ2n) is 7.84. The first-order valence-electron chi connectivity index (χ1n) is 10.6. The number of hydrogen-bond acceptors (Lipinski definition) is 7. The van der Waals surface area contributed by atoms with E-state index in [1.54, 1.807) is 36.4 Å². The summed E-state index contributed by atoms with van der Waals surface area (Å²) in [7, 11) is -3.08. The first-order chi connectivity index (χ1) is 17.5. The third kappa shape index (κ3) is 5.37. The maximum Gasteiger partial charge on any atom is 0.296 e. The second kappa shape index (κ2) is 10.3. The van der Waals surface area contributed by atoms with Gasteiger partial charge in [0.15, 0.2) is 5.75 Å². The predicted molar refractivity (Wildman–Crippen MR) is 142 cm³/mol. The van der Waals surface area contributed by atoms with Crippen molar-refractivity contribution in [2.45, 2.75) is 11.8 Å². The lowest BCUT2D eigenvalue weighted by Crippen LogP contribution is -2.13. The van der Waals surface area contributed by atoms with E-state index in [1.165, 1.54) is 32.2 Å². The lowest BCUT2D eigenvalue weighted by atomic mass is 10.0. The average molecular weight is 560 g/mol. The van der Waals surface area contributed by atoms with Gasteiger partial charge in [-0.05, 0) is 54.3 Å². The number of nitrogens with one attached hydrogen (secondary N) is 1. The minimum atomic E-state index is -4.53. The van der Waals surface area contributed by atoms with Crippen LogP contribution in [-0.2, 0) is 10.1 Å². The maximum atomic E-state index is 13.2. The number of benzene rings is 4. The van der Waals surface area contributed by atoms with Crippen molar-refractivity contribution >= 4 is 67.1 Å². The van der Waals surface area contributed by atoms with Crippen LogP contribution in [-0.4, -0.2) is 31.1 Å². The molecule has 4 aromatic rings. The molecular formula is C25H19Cl2N3O6S. The van der Waals surface area contributed by atoms with Crippen molar-refractivity contribution in [2.75, 3.05) is 12.4 Å². The number of azo groups is 1. The first kappa shape index (κ1) is 26.4. The summed E-state index contributed by atoms with van der Waals surface area (Å²) in [6, 6.07) is 15.6. The minimum Gasteiger partial charge on any atom is -0.505 e. The zero-order chi connectivity index (χ0) is 26.9. The smallest absolute Gasteiger partial charge is 0.296 e. The molecule has 0 aliphatic carbocycles. The van der Waals surface area contributed by atoms with Crippen LogP contribution < -0.4 is 10.1 Å². The van der Waals surface area contributed by atoms with E-state index in [9.17, 15) is 22.9 Å². The molecule has 3 N–H and O–H groups in total. The Labute approximate surface area is 222 Å². The zero-order valence-corrected chi connectivity index (χ0v) is 21.7. The molecule has 0 fully saturated rings. The van der Waals surface area contributed by atoms with Crippen molar-refractivity contribution in [1.29, 1.82) is 0 Å². The molecule has 12 heteroatoms. The molecule has 0 unspecified atom stereocenters. The van der Waals surface area contributed by atoms with Crippen molar-refractivity contribution in [3.05, 3.63) is 81.8 Å². The van der Waals surface area contributed by atoms with Crippen LogP contribution in [0, 0.1) is 6.92 Å². The van der Waals surface area contributed by atoms with Crippen LogP contribution in [0.3, 0.4) is 0 Å². The van der Waals surface area contributed by atoms with Gasteiger partial charge in [-0.15, -0.1) is 5.11 Å². The molecule has 0 radical (unpaired) electrons. The zero-order valence-electron chi connectivity index (χ0n) is 19.4. The van der Waals surface area contributed by atoms with Crippen LogP contribution in [0.4, 0.5) is 17.1 Å². The number of amides is 1. The van der Waals surface area contributed by atoms with Gasteiger partial charge in [0.2, 0.25) is 0 Å². The van der Waals surface area contributed by atoms with E-state index in [-0.39, 0.29) is 27.5 Å². The largest absolute Gasteiger partial charge is 0.505 e. The number of rotatable bonds is 6. The molecular weight excluding hydrogens is 541 g/mol. The number of fused-ring (bicyclic) bond motifs is 1. The number of carbonyl (C=O) groups is 1. The summed E-state index contributed by atoms with van der Waals surface area (Å²) < 4.78 is 37.6. The number of halogens is 2. The molecule has 0 bridgehead atoms. The fourth-order valence-electron chi connectivity index (χ4n) is 3.62. The van der Waals surface area contributed by atoms with E-state index in [1.807, 2.05) is 0 Å². The molecule has 0 aromatic heterocycles. The summed E-state index contributed by atoms with van der Waals surface area (Å²) in [5.41, 5.74) is 0.674. The summed E-state index contributed by atoms with van der Waals surface area (Å²) in [4.78, 5) is 12.7. The number of methoxy groups -OCH3 is 1. The highest BCUT2D eigenvalue weighted by molar-refractivity contribution is 7.86. The Morgan fingerprint density at radius 1 is 1.03 bits per heavy atom. The Morgan fingerprint density at radius 3 is 2.46 bits per heavy atom. The number of ether oxygens (including phenoxy) is 1.